The average Bonchev–Trinajstić information content (AvgIpc) is 2.98. The summed E-state index contributed by atoms with van der Waals surface area (Å²) in [5, 5.41) is 7.58. The molecule has 0 aromatic rings. The van der Waals surface area contributed by atoms with E-state index in [1.807, 2.05) is 13.8 Å². The van der Waals surface area contributed by atoms with E-state index < -0.39 is 29.6 Å². The molecule has 1 saturated heterocycles. The number of hydrogen-bond donors (Lipinski definition) is 3. The summed E-state index contributed by atoms with van der Waals surface area (Å²) in [6.07, 6.45) is 0.674. The first-order chi connectivity index (χ1) is 12.0. The molecule has 26 heavy (non-hydrogen) atoms. The maximum atomic E-state index is 12.3. The van der Waals surface area contributed by atoms with Crippen LogP contribution in [0.1, 0.15) is 47.5 Å². The molecule has 0 aliphatic carbocycles. The Morgan fingerprint density at radius 1 is 1.08 bits per heavy atom. The van der Waals surface area contributed by atoms with Gasteiger partial charge in [0.05, 0.1) is 13.1 Å². The Morgan fingerprint density at radius 2 is 1.69 bits per heavy atom. The summed E-state index contributed by atoms with van der Waals surface area (Å²) in [4.78, 5) is 49.1. The van der Waals surface area contributed by atoms with E-state index in [-0.39, 0.29) is 25.0 Å². The van der Waals surface area contributed by atoms with Crippen LogP contribution in [0.4, 0.5) is 4.79 Å². The monoisotopic (exact) mass is 370 g/mol. The van der Waals surface area contributed by atoms with Gasteiger partial charge in [0.1, 0.15) is 11.6 Å². The number of nitrogens with zero attached hydrogens (tertiary/aromatic N) is 1. The molecule has 9 heteroatoms. The molecule has 1 atom stereocenters. The fraction of sp³-hybridized carbons (Fsp3) is 0.765. The number of likely N-dealkylation sites (tertiary alicyclic amines) is 1. The number of hydrogen-bond acceptors (Lipinski definition) is 5. The second kappa shape index (κ2) is 9.40. The molecule has 1 aliphatic heterocycles. The molecule has 0 aromatic heterocycles. The first-order valence-electron chi connectivity index (χ1n) is 8.83. The van der Waals surface area contributed by atoms with Crippen molar-refractivity contribution in [2.24, 2.45) is 0 Å². The van der Waals surface area contributed by atoms with Crippen molar-refractivity contribution in [3.63, 3.8) is 0 Å². The van der Waals surface area contributed by atoms with Crippen LogP contribution in [-0.4, -0.2) is 66.0 Å². The minimum atomic E-state index is -0.651. The third-order valence-corrected chi connectivity index (χ3v) is 3.50. The van der Waals surface area contributed by atoms with Crippen molar-refractivity contribution in [1.29, 1.82) is 0 Å². The molecule has 0 bridgehead atoms. The number of nitrogens with one attached hydrogen (secondary N) is 3. The Balaban J connectivity index is 2.43. The molecule has 0 spiro atoms. The molecule has 0 radical (unpaired) electrons. The molecule has 3 N–H and O–H groups in total. The first kappa shape index (κ1) is 21.7. The van der Waals surface area contributed by atoms with Crippen LogP contribution in [0.15, 0.2) is 0 Å². The van der Waals surface area contributed by atoms with Gasteiger partial charge in [0.15, 0.2) is 0 Å². The second-order valence-electron chi connectivity index (χ2n) is 7.55. The predicted molar refractivity (Wildman–Crippen MR) is 95.3 cm³/mol. The Kier molecular flexibility index (Phi) is 7.85. The van der Waals surface area contributed by atoms with Crippen molar-refractivity contribution >= 4 is 23.8 Å². The normalized spacial score (nSPS) is 17.0. The van der Waals surface area contributed by atoms with Crippen molar-refractivity contribution < 1.29 is 23.9 Å². The molecule has 0 saturated carbocycles. The van der Waals surface area contributed by atoms with Crippen LogP contribution in [0.25, 0.3) is 0 Å². The molecule has 1 rings (SSSR count). The summed E-state index contributed by atoms with van der Waals surface area (Å²) in [6.45, 7) is 8.94. The largest absolute Gasteiger partial charge is 0.444 e. The van der Waals surface area contributed by atoms with Gasteiger partial charge in [-0.05, 0) is 47.5 Å². The smallest absolute Gasteiger partial charge is 0.410 e. The molecule has 148 valence electrons. The van der Waals surface area contributed by atoms with Gasteiger partial charge in [0.25, 0.3) is 0 Å². The molecule has 0 unspecified atom stereocenters. The van der Waals surface area contributed by atoms with Crippen LogP contribution in [0, 0.1) is 0 Å². The highest BCUT2D eigenvalue weighted by Gasteiger charge is 2.36. The van der Waals surface area contributed by atoms with Crippen LogP contribution in [0.5, 0.6) is 0 Å². The summed E-state index contributed by atoms with van der Waals surface area (Å²) in [5.74, 6) is -1.18. The zero-order valence-electron chi connectivity index (χ0n) is 16.2. The van der Waals surface area contributed by atoms with Gasteiger partial charge in [0, 0.05) is 12.6 Å². The van der Waals surface area contributed by atoms with Gasteiger partial charge in [0.2, 0.25) is 17.7 Å². The number of amides is 4. The Bertz CT molecular complexity index is 542. The van der Waals surface area contributed by atoms with E-state index in [0.717, 1.165) is 0 Å². The molecular weight excluding hydrogens is 340 g/mol. The van der Waals surface area contributed by atoms with E-state index in [4.69, 9.17) is 4.74 Å². The molecule has 4 amide bonds. The Morgan fingerprint density at radius 3 is 2.27 bits per heavy atom. The summed E-state index contributed by atoms with van der Waals surface area (Å²) in [5.41, 5.74) is -0.642. The van der Waals surface area contributed by atoms with E-state index in [1.165, 1.54) is 4.90 Å². The predicted octanol–water partition coefficient (Wildman–Crippen LogP) is 0.143. The lowest BCUT2D eigenvalue weighted by Gasteiger charge is -2.28. The van der Waals surface area contributed by atoms with Crippen LogP contribution < -0.4 is 16.0 Å². The molecule has 0 aromatic carbocycles. The van der Waals surface area contributed by atoms with Gasteiger partial charge >= 0.3 is 6.09 Å². The molecule has 1 fully saturated rings. The lowest BCUT2D eigenvalue weighted by molar-refractivity contribution is -0.129. The quantitative estimate of drug-likeness (QED) is 0.615. The van der Waals surface area contributed by atoms with Gasteiger partial charge in [-0.3, -0.25) is 19.3 Å². The first-order valence-corrected chi connectivity index (χ1v) is 8.83. The Labute approximate surface area is 154 Å². The van der Waals surface area contributed by atoms with Crippen LogP contribution in [0.2, 0.25) is 0 Å². The summed E-state index contributed by atoms with van der Waals surface area (Å²) in [7, 11) is 0. The highest BCUT2D eigenvalue weighted by atomic mass is 16.6. The summed E-state index contributed by atoms with van der Waals surface area (Å²) >= 11 is 0. The van der Waals surface area contributed by atoms with E-state index in [1.54, 1.807) is 20.8 Å². The van der Waals surface area contributed by atoms with Gasteiger partial charge in [-0.25, -0.2) is 4.79 Å². The molecular formula is C17H30N4O5. The SMILES string of the molecule is CC(C)NC(=O)CNC(=O)CNC(=O)[C@@H]1CCCN1C(=O)OC(C)(C)C. The van der Waals surface area contributed by atoms with Crippen molar-refractivity contribution in [2.75, 3.05) is 19.6 Å². The average molecular weight is 370 g/mol. The second-order valence-corrected chi connectivity index (χ2v) is 7.55. The van der Waals surface area contributed by atoms with Gasteiger partial charge in [-0.15, -0.1) is 0 Å². The third kappa shape index (κ3) is 7.71. The number of rotatable bonds is 6. The van der Waals surface area contributed by atoms with Gasteiger partial charge in [-0.2, -0.15) is 0 Å². The minimum absolute atomic E-state index is 0.0136. The van der Waals surface area contributed by atoms with E-state index in [2.05, 4.69) is 16.0 Å². The van der Waals surface area contributed by atoms with Crippen LogP contribution in [-0.2, 0) is 19.1 Å². The van der Waals surface area contributed by atoms with E-state index >= 15 is 0 Å². The highest BCUT2D eigenvalue weighted by molar-refractivity contribution is 5.91. The van der Waals surface area contributed by atoms with Crippen molar-refractivity contribution in [3.8, 4) is 0 Å². The topological polar surface area (TPSA) is 117 Å². The molecule has 1 heterocycles. The zero-order chi connectivity index (χ0) is 19.9. The number of ether oxygens (including phenoxy) is 1. The van der Waals surface area contributed by atoms with E-state index in [0.29, 0.717) is 19.4 Å². The lowest BCUT2D eigenvalue weighted by Crippen LogP contribution is -2.50. The van der Waals surface area contributed by atoms with E-state index in [9.17, 15) is 19.2 Å². The third-order valence-electron chi connectivity index (χ3n) is 3.50. The molecule has 1 aliphatic rings. The van der Waals surface area contributed by atoms with Crippen molar-refractivity contribution in [1.82, 2.24) is 20.9 Å². The zero-order valence-corrected chi connectivity index (χ0v) is 16.2. The Hall–Kier alpha value is -2.32. The fourth-order valence-electron chi connectivity index (χ4n) is 2.48. The van der Waals surface area contributed by atoms with Gasteiger partial charge in [-0.1, -0.05) is 0 Å². The molecule has 9 nitrogen and oxygen atoms in total. The number of carbonyl (C=O) groups is 4. The maximum absolute atomic E-state index is 12.3. The van der Waals surface area contributed by atoms with Gasteiger partial charge < -0.3 is 20.7 Å². The van der Waals surface area contributed by atoms with Crippen molar-refractivity contribution in [2.45, 2.75) is 65.1 Å². The highest BCUT2D eigenvalue weighted by Crippen LogP contribution is 2.20. The summed E-state index contributed by atoms with van der Waals surface area (Å²) in [6, 6.07) is -0.665. The fourth-order valence-corrected chi connectivity index (χ4v) is 2.48. The summed E-state index contributed by atoms with van der Waals surface area (Å²) < 4.78 is 5.31. The minimum Gasteiger partial charge on any atom is -0.444 e. The lowest BCUT2D eigenvalue weighted by atomic mass is 10.2. The maximum Gasteiger partial charge on any atom is 0.410 e. The number of carbonyl (C=O) groups excluding carboxylic acids is 4. The van der Waals surface area contributed by atoms with Crippen LogP contribution >= 0.6 is 0 Å². The standard InChI is InChI=1S/C17H30N4O5/c1-11(2)20-14(23)10-18-13(22)9-19-15(24)12-7-6-8-21(12)16(25)26-17(3,4)5/h11-12H,6-10H2,1-5H3,(H,18,22)(H,19,24)(H,20,23)/t12-/m0/s1. The van der Waals surface area contributed by atoms with Crippen molar-refractivity contribution in [3.05, 3.63) is 0 Å². The van der Waals surface area contributed by atoms with Crippen LogP contribution in [0.3, 0.4) is 0 Å².